The van der Waals surface area contributed by atoms with Gasteiger partial charge in [-0.2, -0.15) is 14.7 Å². The van der Waals surface area contributed by atoms with Crippen LogP contribution in [0.15, 0.2) is 35.3 Å². The molecule has 0 saturated carbocycles. The summed E-state index contributed by atoms with van der Waals surface area (Å²) >= 11 is 0. The summed E-state index contributed by atoms with van der Waals surface area (Å²) in [4.78, 5) is 48.1. The minimum atomic E-state index is -4.97. The molecule has 0 spiro atoms. The minimum absolute atomic E-state index is 0.0135. The summed E-state index contributed by atoms with van der Waals surface area (Å²) in [7, 11) is -9.75. The zero-order valence-electron chi connectivity index (χ0n) is 11.2. The van der Waals surface area contributed by atoms with E-state index in [2.05, 4.69) is 10.3 Å². The van der Waals surface area contributed by atoms with Crippen LogP contribution in [0.25, 0.3) is 0 Å². The predicted octanol–water partition coefficient (Wildman–Crippen LogP) is 1.15. The zero-order valence-corrected chi connectivity index (χ0v) is 13.0. The third kappa shape index (κ3) is 7.11. The van der Waals surface area contributed by atoms with Crippen molar-refractivity contribution < 1.29 is 29.0 Å². The summed E-state index contributed by atoms with van der Waals surface area (Å²) in [6.07, 6.45) is 1.14. The van der Waals surface area contributed by atoms with Gasteiger partial charge in [-0.1, -0.05) is 18.2 Å². The molecule has 0 aromatic heterocycles. The van der Waals surface area contributed by atoms with Crippen molar-refractivity contribution in [2.45, 2.75) is 12.8 Å². The molecule has 118 valence electrons. The van der Waals surface area contributed by atoms with Crippen molar-refractivity contribution in [3.63, 3.8) is 0 Å². The van der Waals surface area contributed by atoms with Crippen molar-refractivity contribution >= 4 is 26.4 Å². The van der Waals surface area contributed by atoms with E-state index in [0.29, 0.717) is 19.4 Å². The Morgan fingerprint density at radius 3 is 2.29 bits per heavy atom. The molecule has 21 heavy (non-hydrogen) atoms. The molecular weight excluding hydrogens is 318 g/mol. The maximum atomic E-state index is 11.0. The number of nitrogens with zero attached hydrogens (tertiary/aromatic N) is 1. The highest BCUT2D eigenvalue weighted by Crippen LogP contribution is 2.60. The molecule has 0 atom stereocenters. The largest absolute Gasteiger partial charge is 0.469 e. The molecule has 1 aromatic carbocycles. The van der Waals surface area contributed by atoms with Crippen LogP contribution >= 0.6 is 15.5 Å². The molecule has 0 amide bonds. The van der Waals surface area contributed by atoms with Crippen molar-refractivity contribution in [3.8, 4) is 0 Å². The van der Waals surface area contributed by atoms with Crippen LogP contribution in [0.3, 0.4) is 0 Å². The van der Waals surface area contributed by atoms with Crippen LogP contribution in [-0.4, -0.2) is 42.8 Å². The molecule has 0 aliphatic carbocycles. The van der Waals surface area contributed by atoms with E-state index in [-0.39, 0.29) is 6.54 Å². The van der Waals surface area contributed by atoms with Gasteiger partial charge in [0.2, 0.25) is 0 Å². The number of nitrogens with one attached hydrogen (secondary N) is 1. The van der Waals surface area contributed by atoms with Crippen molar-refractivity contribution in [1.29, 1.82) is 0 Å². The highest BCUT2D eigenvalue weighted by molar-refractivity contribution is 8.00. The quantitative estimate of drug-likeness (QED) is 0.237. The van der Waals surface area contributed by atoms with Gasteiger partial charge in [0.1, 0.15) is 0 Å². The monoisotopic (exact) mass is 337 g/mol. The Kier molecular flexibility index (Phi) is 6.90. The molecule has 10 heteroatoms. The molecule has 1 rings (SSSR count). The average molecular weight is 337 g/mol. The highest BCUT2D eigenvalue weighted by atomic mass is 31.3. The summed E-state index contributed by atoms with van der Waals surface area (Å²) in [5.41, 5.74) is 0.961. The van der Waals surface area contributed by atoms with Gasteiger partial charge >= 0.3 is 20.7 Å². The molecule has 0 heterocycles. The van der Waals surface area contributed by atoms with Gasteiger partial charge in [-0.15, -0.1) is 0 Å². The number of aliphatic imine (C=N–C) groups is 1. The highest BCUT2D eigenvalue weighted by Gasteiger charge is 2.51. The maximum Gasteiger partial charge on any atom is 0.469 e. The second-order valence-electron chi connectivity index (χ2n) is 4.29. The fourth-order valence-corrected chi connectivity index (χ4v) is 3.54. The van der Waals surface area contributed by atoms with Gasteiger partial charge in [0.05, 0.1) is 0 Å². The molecule has 0 bridgehead atoms. The number of benzene rings is 1. The SMILES string of the molecule is O=P(O)(O)C(=NCCCCNc1ccccc1)[P+](O)(O)O. The average Bonchev–Trinajstić information content (AvgIpc) is 2.35. The molecule has 6 N–H and O–H groups in total. The first-order chi connectivity index (χ1) is 9.71. The van der Waals surface area contributed by atoms with Crippen LogP contribution in [0.5, 0.6) is 0 Å². The van der Waals surface area contributed by atoms with E-state index in [1.807, 2.05) is 30.3 Å². The lowest BCUT2D eigenvalue weighted by Gasteiger charge is -2.08. The van der Waals surface area contributed by atoms with Crippen LogP contribution in [0.4, 0.5) is 5.69 Å². The van der Waals surface area contributed by atoms with E-state index in [4.69, 9.17) is 24.5 Å². The van der Waals surface area contributed by atoms with Gasteiger partial charge in [-0.3, -0.25) is 0 Å². The molecule has 0 aliphatic rings. The van der Waals surface area contributed by atoms with E-state index in [0.717, 1.165) is 5.69 Å². The Morgan fingerprint density at radius 2 is 1.76 bits per heavy atom. The number of rotatable bonds is 8. The zero-order chi connectivity index (χ0) is 15.9. The number of unbranched alkanes of at least 4 members (excludes halogenated alkanes) is 1. The van der Waals surface area contributed by atoms with E-state index in [1.54, 1.807) is 0 Å². The molecular formula is C11H19N2O6P2+. The van der Waals surface area contributed by atoms with Gasteiger partial charge in [0, 0.05) is 18.8 Å². The van der Waals surface area contributed by atoms with Crippen molar-refractivity contribution in [2.24, 2.45) is 4.99 Å². The summed E-state index contributed by atoms with van der Waals surface area (Å²) in [6, 6.07) is 9.51. The first-order valence-corrected chi connectivity index (χ1v) is 9.44. The number of para-hydroxylation sites is 1. The maximum absolute atomic E-state index is 11.0. The predicted molar refractivity (Wildman–Crippen MR) is 82.1 cm³/mol. The second kappa shape index (κ2) is 7.96. The van der Waals surface area contributed by atoms with Gasteiger partial charge in [-0.25, -0.2) is 9.56 Å². The lowest BCUT2D eigenvalue weighted by atomic mass is 10.3. The topological polar surface area (TPSA) is 143 Å². The van der Waals surface area contributed by atoms with Crippen LogP contribution in [-0.2, 0) is 4.57 Å². The van der Waals surface area contributed by atoms with Gasteiger partial charge < -0.3 is 15.1 Å². The molecule has 1 aromatic rings. The fraction of sp³-hybridized carbons (Fsp3) is 0.364. The molecule has 8 nitrogen and oxygen atoms in total. The Morgan fingerprint density at radius 1 is 1.14 bits per heavy atom. The normalized spacial score (nSPS) is 13.3. The lowest BCUT2D eigenvalue weighted by Crippen LogP contribution is -2.08. The molecule has 0 saturated heterocycles. The van der Waals surface area contributed by atoms with Gasteiger partial charge in [0.15, 0.2) is 0 Å². The van der Waals surface area contributed by atoms with Crippen molar-refractivity contribution in [3.05, 3.63) is 30.3 Å². The first kappa shape index (κ1) is 18.2. The van der Waals surface area contributed by atoms with Gasteiger partial charge in [-0.05, 0) is 25.0 Å². The van der Waals surface area contributed by atoms with Gasteiger partial charge in [0.25, 0.3) is 0 Å². The number of anilines is 1. The van der Waals surface area contributed by atoms with E-state index >= 15 is 0 Å². The number of hydrogen-bond acceptors (Lipinski definition) is 6. The van der Waals surface area contributed by atoms with E-state index in [1.165, 1.54) is 0 Å². The van der Waals surface area contributed by atoms with Crippen LogP contribution in [0.1, 0.15) is 12.8 Å². The van der Waals surface area contributed by atoms with Crippen molar-refractivity contribution in [1.82, 2.24) is 0 Å². The third-order valence-corrected chi connectivity index (χ3v) is 5.40. The third-order valence-electron chi connectivity index (χ3n) is 2.47. The van der Waals surface area contributed by atoms with Crippen LogP contribution in [0, 0.1) is 0 Å². The Balaban J connectivity index is 2.38. The van der Waals surface area contributed by atoms with Crippen LogP contribution in [0.2, 0.25) is 0 Å². The molecule has 0 radical (unpaired) electrons. The first-order valence-electron chi connectivity index (χ1n) is 6.18. The Hall–Kier alpha value is -0.850. The van der Waals surface area contributed by atoms with Crippen molar-refractivity contribution in [2.75, 3.05) is 18.4 Å². The minimum Gasteiger partial charge on any atom is -0.385 e. The summed E-state index contributed by atoms with van der Waals surface area (Å²) in [6.45, 7) is 0.628. The number of hydrogen-bond donors (Lipinski definition) is 6. The summed E-state index contributed by atoms with van der Waals surface area (Å²) < 4.78 is 11.0. The van der Waals surface area contributed by atoms with Crippen LogP contribution < -0.4 is 5.32 Å². The molecule has 0 aliphatic heterocycles. The second-order valence-corrected chi connectivity index (χ2v) is 7.72. The molecule has 0 unspecified atom stereocenters. The summed E-state index contributed by atoms with van der Waals surface area (Å²) in [5.74, 6) is 0. The standard InChI is InChI=1S/C11H18N2O6P2/c14-20(15,16)11(21(17,18)19)13-9-5-4-8-12-10-6-2-1-3-7-10/h1-3,6-7,12,14-16H,4-5,8-9H2,(H-,17,18,19)/p+1. The smallest absolute Gasteiger partial charge is 0.385 e. The summed E-state index contributed by atoms with van der Waals surface area (Å²) in [5, 5.41) is 1.92. The Bertz CT molecular complexity index is 511. The lowest BCUT2D eigenvalue weighted by molar-refractivity contribution is 0.348. The fourth-order valence-electron chi connectivity index (χ4n) is 1.57. The van der Waals surface area contributed by atoms with E-state index in [9.17, 15) is 4.57 Å². The Labute approximate surface area is 122 Å². The van der Waals surface area contributed by atoms with E-state index < -0.39 is 20.7 Å². The molecule has 0 fully saturated rings.